The zero-order valence-electron chi connectivity index (χ0n) is 11.8. The lowest BCUT2D eigenvalue weighted by Gasteiger charge is -2.22. The monoisotopic (exact) mass is 296 g/mol. The highest BCUT2D eigenvalue weighted by Crippen LogP contribution is 2.19. The first kappa shape index (κ1) is 16.2. The zero-order chi connectivity index (χ0) is 15.2. The van der Waals surface area contributed by atoms with Gasteiger partial charge in [0.05, 0.1) is 11.4 Å². The number of carbonyl (C=O) groups is 1. The van der Waals surface area contributed by atoms with Crippen LogP contribution in [0, 0.1) is 0 Å². The highest BCUT2D eigenvalue weighted by molar-refractivity contribution is 7.92. The van der Waals surface area contributed by atoms with Gasteiger partial charge in [-0.1, -0.05) is 6.08 Å². The van der Waals surface area contributed by atoms with Crippen molar-refractivity contribution in [2.45, 2.75) is 13.8 Å². The molecule has 6 heteroatoms. The van der Waals surface area contributed by atoms with Gasteiger partial charge >= 0.3 is 0 Å². The Labute approximate surface area is 120 Å². The summed E-state index contributed by atoms with van der Waals surface area (Å²) in [7, 11) is -3.29. The molecule has 0 bridgehead atoms. The topological polar surface area (TPSA) is 66.5 Å². The predicted molar refractivity (Wildman–Crippen MR) is 81.5 cm³/mol. The third kappa shape index (κ3) is 3.84. The summed E-state index contributed by atoms with van der Waals surface area (Å²) in [6, 6.07) is 6.50. The summed E-state index contributed by atoms with van der Waals surface area (Å²) < 4.78 is 25.2. The van der Waals surface area contributed by atoms with E-state index in [9.17, 15) is 13.2 Å². The van der Waals surface area contributed by atoms with Gasteiger partial charge in [-0.3, -0.25) is 9.10 Å². The SMILES string of the molecule is C=CCNC(=O)c1ccc(N(CC)S(=O)(=O)CC)cc1. The Morgan fingerprint density at radius 1 is 1.30 bits per heavy atom. The third-order valence-electron chi connectivity index (χ3n) is 2.81. The maximum atomic E-state index is 11.9. The standard InChI is InChI=1S/C14H20N2O3S/c1-4-11-15-14(17)12-7-9-13(10-8-12)16(5-2)20(18,19)6-3/h4,7-10H,1,5-6,11H2,2-3H3,(H,15,17). The number of benzene rings is 1. The maximum absolute atomic E-state index is 11.9. The van der Waals surface area contributed by atoms with Gasteiger partial charge < -0.3 is 5.32 Å². The van der Waals surface area contributed by atoms with Gasteiger partial charge in [0.25, 0.3) is 5.91 Å². The highest BCUT2D eigenvalue weighted by atomic mass is 32.2. The number of carbonyl (C=O) groups excluding carboxylic acids is 1. The molecule has 0 saturated heterocycles. The second-order valence-corrected chi connectivity index (χ2v) is 6.29. The zero-order valence-corrected chi connectivity index (χ0v) is 12.6. The van der Waals surface area contributed by atoms with E-state index in [1.165, 1.54) is 4.31 Å². The van der Waals surface area contributed by atoms with Crippen LogP contribution in [0.15, 0.2) is 36.9 Å². The number of rotatable bonds is 7. The first-order valence-electron chi connectivity index (χ1n) is 6.45. The molecule has 0 atom stereocenters. The number of nitrogens with one attached hydrogen (secondary N) is 1. The Balaban J connectivity index is 2.95. The molecule has 1 aromatic rings. The Hall–Kier alpha value is -1.82. The van der Waals surface area contributed by atoms with Gasteiger partial charge in [-0.2, -0.15) is 0 Å². The van der Waals surface area contributed by atoms with Crippen molar-refractivity contribution in [3.05, 3.63) is 42.5 Å². The lowest BCUT2D eigenvalue weighted by molar-refractivity contribution is 0.0958. The lowest BCUT2D eigenvalue weighted by atomic mass is 10.2. The fourth-order valence-corrected chi connectivity index (χ4v) is 2.89. The molecule has 0 heterocycles. The van der Waals surface area contributed by atoms with E-state index in [2.05, 4.69) is 11.9 Å². The van der Waals surface area contributed by atoms with Crippen LogP contribution in [-0.4, -0.2) is 33.2 Å². The Bertz CT molecular complexity index is 565. The number of amides is 1. The summed E-state index contributed by atoms with van der Waals surface area (Å²) in [5.41, 5.74) is 1.05. The average molecular weight is 296 g/mol. The van der Waals surface area contributed by atoms with Crippen LogP contribution in [0.25, 0.3) is 0 Å². The van der Waals surface area contributed by atoms with E-state index < -0.39 is 10.0 Å². The summed E-state index contributed by atoms with van der Waals surface area (Å²) >= 11 is 0. The number of sulfonamides is 1. The fraction of sp³-hybridized carbons (Fsp3) is 0.357. The minimum Gasteiger partial charge on any atom is -0.349 e. The number of hydrogen-bond acceptors (Lipinski definition) is 3. The van der Waals surface area contributed by atoms with E-state index >= 15 is 0 Å². The summed E-state index contributed by atoms with van der Waals surface area (Å²) in [6.07, 6.45) is 1.60. The van der Waals surface area contributed by atoms with Crippen LogP contribution < -0.4 is 9.62 Å². The van der Waals surface area contributed by atoms with Crippen LogP contribution in [0.4, 0.5) is 5.69 Å². The molecule has 20 heavy (non-hydrogen) atoms. The van der Waals surface area contributed by atoms with Crippen LogP contribution >= 0.6 is 0 Å². The van der Waals surface area contributed by atoms with Crippen molar-refractivity contribution in [2.75, 3.05) is 23.1 Å². The number of hydrogen-bond donors (Lipinski definition) is 1. The molecule has 0 aliphatic heterocycles. The van der Waals surface area contributed by atoms with Gasteiger partial charge in [0, 0.05) is 18.7 Å². The van der Waals surface area contributed by atoms with Crippen LogP contribution in [0.2, 0.25) is 0 Å². The van der Waals surface area contributed by atoms with Gasteiger partial charge in [0.2, 0.25) is 10.0 Å². The first-order chi connectivity index (χ1) is 9.46. The molecule has 0 radical (unpaired) electrons. The van der Waals surface area contributed by atoms with Gasteiger partial charge in [-0.05, 0) is 38.1 Å². The van der Waals surface area contributed by atoms with E-state index in [1.807, 2.05) is 0 Å². The van der Waals surface area contributed by atoms with Crippen molar-refractivity contribution < 1.29 is 13.2 Å². The molecule has 0 saturated carbocycles. The van der Waals surface area contributed by atoms with E-state index in [-0.39, 0.29) is 11.7 Å². The molecular weight excluding hydrogens is 276 g/mol. The molecule has 1 aromatic carbocycles. The van der Waals surface area contributed by atoms with Crippen molar-refractivity contribution in [1.82, 2.24) is 5.32 Å². The summed E-state index contributed by atoms with van der Waals surface area (Å²) in [5.74, 6) is -0.166. The minimum atomic E-state index is -3.29. The van der Waals surface area contributed by atoms with Crippen LogP contribution in [0.3, 0.4) is 0 Å². The smallest absolute Gasteiger partial charge is 0.251 e. The van der Waals surface area contributed by atoms with Crippen molar-refractivity contribution in [2.24, 2.45) is 0 Å². The average Bonchev–Trinajstić information content (AvgIpc) is 2.46. The highest BCUT2D eigenvalue weighted by Gasteiger charge is 2.18. The molecule has 0 unspecified atom stereocenters. The van der Waals surface area contributed by atoms with E-state index in [0.717, 1.165) is 0 Å². The Morgan fingerprint density at radius 2 is 1.90 bits per heavy atom. The second-order valence-electron chi connectivity index (χ2n) is 4.11. The van der Waals surface area contributed by atoms with Gasteiger partial charge in [0.1, 0.15) is 0 Å². The summed E-state index contributed by atoms with van der Waals surface area (Å²) in [6.45, 7) is 7.66. The fourth-order valence-electron chi connectivity index (χ4n) is 1.74. The molecule has 0 fully saturated rings. The normalized spacial score (nSPS) is 10.9. The number of anilines is 1. The lowest BCUT2D eigenvalue weighted by Crippen LogP contribution is -2.32. The number of nitrogens with zero attached hydrogens (tertiary/aromatic N) is 1. The van der Waals surface area contributed by atoms with Crippen molar-refractivity contribution in [3.8, 4) is 0 Å². The van der Waals surface area contributed by atoms with Crippen molar-refractivity contribution in [1.29, 1.82) is 0 Å². The largest absolute Gasteiger partial charge is 0.349 e. The van der Waals surface area contributed by atoms with E-state index in [4.69, 9.17) is 0 Å². The molecule has 110 valence electrons. The molecule has 1 amide bonds. The van der Waals surface area contributed by atoms with Gasteiger partial charge in [0.15, 0.2) is 0 Å². The van der Waals surface area contributed by atoms with Crippen molar-refractivity contribution >= 4 is 21.6 Å². The van der Waals surface area contributed by atoms with Gasteiger partial charge in [-0.25, -0.2) is 8.42 Å². The Morgan fingerprint density at radius 3 is 2.35 bits per heavy atom. The molecule has 0 aliphatic rings. The summed E-state index contributed by atoms with van der Waals surface area (Å²) in [5, 5.41) is 2.66. The molecule has 0 aliphatic carbocycles. The van der Waals surface area contributed by atoms with Crippen molar-refractivity contribution in [3.63, 3.8) is 0 Å². The minimum absolute atomic E-state index is 0.0441. The van der Waals surface area contributed by atoms with Crippen LogP contribution in [0.5, 0.6) is 0 Å². The molecule has 1 N–H and O–H groups in total. The molecular formula is C14H20N2O3S. The molecule has 5 nitrogen and oxygen atoms in total. The molecule has 0 aromatic heterocycles. The molecule has 1 rings (SSSR count). The van der Waals surface area contributed by atoms with E-state index in [1.54, 1.807) is 44.2 Å². The van der Waals surface area contributed by atoms with Gasteiger partial charge in [-0.15, -0.1) is 6.58 Å². The van der Waals surface area contributed by atoms with Crippen LogP contribution in [0.1, 0.15) is 24.2 Å². The Kier molecular flexibility index (Phi) is 5.76. The maximum Gasteiger partial charge on any atom is 0.251 e. The second kappa shape index (κ2) is 7.09. The quantitative estimate of drug-likeness (QED) is 0.780. The summed E-state index contributed by atoms with van der Waals surface area (Å²) in [4.78, 5) is 11.7. The van der Waals surface area contributed by atoms with E-state index in [0.29, 0.717) is 24.3 Å². The van der Waals surface area contributed by atoms with Crippen LogP contribution in [-0.2, 0) is 10.0 Å². The predicted octanol–water partition coefficient (Wildman–Crippen LogP) is 1.78. The third-order valence-corrected chi connectivity index (χ3v) is 4.68. The first-order valence-corrected chi connectivity index (χ1v) is 8.06. The molecule has 0 spiro atoms.